The van der Waals surface area contributed by atoms with Crippen LogP contribution in [0.15, 0.2) is 60.7 Å². The Bertz CT molecular complexity index is 870. The summed E-state index contributed by atoms with van der Waals surface area (Å²) >= 11 is 0. The molecule has 3 rings (SSSR count). The van der Waals surface area contributed by atoms with Gasteiger partial charge in [0.2, 0.25) is 5.91 Å². The number of nitrogens with one attached hydrogen (secondary N) is 2. The van der Waals surface area contributed by atoms with Gasteiger partial charge in [0, 0.05) is 30.0 Å². The number of likely N-dealkylation sites (tertiary alicyclic amines) is 1. The van der Waals surface area contributed by atoms with E-state index in [1.54, 1.807) is 24.3 Å². The summed E-state index contributed by atoms with van der Waals surface area (Å²) in [6.45, 7) is 7.99. The Balaban J connectivity index is 1.45. The van der Waals surface area contributed by atoms with Crippen LogP contribution in [0.2, 0.25) is 0 Å². The number of benzene rings is 2. The molecule has 2 N–H and O–H groups in total. The predicted molar refractivity (Wildman–Crippen MR) is 120 cm³/mol. The summed E-state index contributed by atoms with van der Waals surface area (Å²) in [6, 6.07) is 14.5. The van der Waals surface area contributed by atoms with Crippen molar-refractivity contribution >= 4 is 23.2 Å². The molecule has 158 valence electrons. The van der Waals surface area contributed by atoms with Crippen molar-refractivity contribution < 1.29 is 14.3 Å². The van der Waals surface area contributed by atoms with Gasteiger partial charge in [0.1, 0.15) is 12.4 Å². The SMILES string of the molecule is C=C(C)COc1ccc(NCC(=O)Nc2ccc(C(=O)N3CCCCC3)cc2)cc1. The number of carbonyl (C=O) groups is 2. The number of rotatable bonds is 8. The van der Waals surface area contributed by atoms with Crippen molar-refractivity contribution in [3.63, 3.8) is 0 Å². The maximum Gasteiger partial charge on any atom is 0.253 e. The molecule has 6 heteroatoms. The van der Waals surface area contributed by atoms with Gasteiger partial charge < -0.3 is 20.3 Å². The summed E-state index contributed by atoms with van der Waals surface area (Å²) in [5.74, 6) is 0.657. The summed E-state index contributed by atoms with van der Waals surface area (Å²) < 4.78 is 5.56. The van der Waals surface area contributed by atoms with Gasteiger partial charge in [0.05, 0.1) is 6.54 Å². The van der Waals surface area contributed by atoms with Crippen LogP contribution >= 0.6 is 0 Å². The van der Waals surface area contributed by atoms with Gasteiger partial charge >= 0.3 is 0 Å². The molecule has 1 fully saturated rings. The van der Waals surface area contributed by atoms with Crippen molar-refractivity contribution in [3.05, 3.63) is 66.2 Å². The summed E-state index contributed by atoms with van der Waals surface area (Å²) in [5, 5.41) is 5.92. The zero-order chi connectivity index (χ0) is 21.3. The first-order valence-electron chi connectivity index (χ1n) is 10.3. The average molecular weight is 408 g/mol. The van der Waals surface area contributed by atoms with Gasteiger partial charge in [0.25, 0.3) is 5.91 Å². The van der Waals surface area contributed by atoms with Crippen LogP contribution in [0, 0.1) is 0 Å². The largest absolute Gasteiger partial charge is 0.489 e. The average Bonchev–Trinajstić information content (AvgIpc) is 2.77. The Kier molecular flexibility index (Phi) is 7.49. The predicted octanol–water partition coefficient (Wildman–Crippen LogP) is 4.32. The van der Waals surface area contributed by atoms with Gasteiger partial charge in [-0.25, -0.2) is 0 Å². The number of piperidine rings is 1. The van der Waals surface area contributed by atoms with Crippen molar-refractivity contribution in [2.75, 3.05) is 36.9 Å². The second-order valence-corrected chi connectivity index (χ2v) is 7.60. The van der Waals surface area contributed by atoms with Crippen molar-refractivity contribution in [3.8, 4) is 5.75 Å². The number of carbonyl (C=O) groups excluding carboxylic acids is 2. The molecule has 1 heterocycles. The maximum absolute atomic E-state index is 12.5. The van der Waals surface area contributed by atoms with Gasteiger partial charge in [-0.05, 0) is 80.3 Å². The fraction of sp³-hybridized carbons (Fsp3) is 0.333. The highest BCUT2D eigenvalue weighted by molar-refractivity contribution is 5.96. The number of ether oxygens (including phenoxy) is 1. The van der Waals surface area contributed by atoms with Gasteiger partial charge in [-0.15, -0.1) is 0 Å². The third-order valence-corrected chi connectivity index (χ3v) is 4.85. The molecule has 0 unspecified atom stereocenters. The van der Waals surface area contributed by atoms with E-state index in [1.165, 1.54) is 6.42 Å². The normalized spacial score (nSPS) is 13.4. The monoisotopic (exact) mass is 407 g/mol. The molecule has 6 nitrogen and oxygen atoms in total. The van der Waals surface area contributed by atoms with Crippen LogP contribution in [0.4, 0.5) is 11.4 Å². The lowest BCUT2D eigenvalue weighted by atomic mass is 10.1. The van der Waals surface area contributed by atoms with E-state index in [0.29, 0.717) is 17.9 Å². The molecule has 2 aromatic carbocycles. The van der Waals surface area contributed by atoms with E-state index in [9.17, 15) is 9.59 Å². The molecule has 0 spiro atoms. The van der Waals surface area contributed by atoms with Gasteiger partial charge in [-0.3, -0.25) is 9.59 Å². The van der Waals surface area contributed by atoms with E-state index in [-0.39, 0.29) is 18.4 Å². The number of hydrogen-bond donors (Lipinski definition) is 2. The molecule has 0 atom stereocenters. The van der Waals surface area contributed by atoms with Crippen molar-refractivity contribution in [1.29, 1.82) is 0 Å². The van der Waals surface area contributed by atoms with Crippen molar-refractivity contribution in [2.24, 2.45) is 0 Å². The molecule has 0 aliphatic carbocycles. The summed E-state index contributed by atoms with van der Waals surface area (Å²) in [6.07, 6.45) is 3.32. The fourth-order valence-electron chi connectivity index (χ4n) is 3.24. The molecule has 1 aliphatic heterocycles. The Morgan fingerprint density at radius 1 is 0.967 bits per heavy atom. The van der Waals surface area contributed by atoms with Crippen LogP contribution in [0.5, 0.6) is 5.75 Å². The van der Waals surface area contributed by atoms with Crippen molar-refractivity contribution in [1.82, 2.24) is 4.90 Å². The molecule has 1 saturated heterocycles. The first-order chi connectivity index (χ1) is 14.5. The number of hydrogen-bond acceptors (Lipinski definition) is 4. The van der Waals surface area contributed by atoms with Crippen LogP contribution in [-0.2, 0) is 4.79 Å². The minimum atomic E-state index is -0.160. The lowest BCUT2D eigenvalue weighted by Crippen LogP contribution is -2.35. The van der Waals surface area contributed by atoms with Crippen LogP contribution in [0.3, 0.4) is 0 Å². The molecular weight excluding hydrogens is 378 g/mol. The molecule has 0 aromatic heterocycles. The lowest BCUT2D eigenvalue weighted by Gasteiger charge is -2.26. The van der Waals surface area contributed by atoms with E-state index in [2.05, 4.69) is 17.2 Å². The molecular formula is C24H29N3O3. The van der Waals surface area contributed by atoms with Gasteiger partial charge in [0.15, 0.2) is 0 Å². The van der Waals surface area contributed by atoms with E-state index in [0.717, 1.165) is 42.9 Å². The second kappa shape index (κ2) is 10.5. The van der Waals surface area contributed by atoms with E-state index >= 15 is 0 Å². The molecule has 0 saturated carbocycles. The zero-order valence-corrected chi connectivity index (χ0v) is 17.4. The van der Waals surface area contributed by atoms with Gasteiger partial charge in [-0.1, -0.05) is 6.58 Å². The number of amides is 2. The number of nitrogens with zero attached hydrogens (tertiary/aromatic N) is 1. The smallest absolute Gasteiger partial charge is 0.253 e. The van der Waals surface area contributed by atoms with Crippen molar-refractivity contribution in [2.45, 2.75) is 26.2 Å². The molecule has 2 amide bonds. The summed E-state index contributed by atoms with van der Waals surface area (Å²) in [4.78, 5) is 26.6. The molecule has 2 aromatic rings. The fourth-order valence-corrected chi connectivity index (χ4v) is 3.24. The first-order valence-corrected chi connectivity index (χ1v) is 10.3. The quantitative estimate of drug-likeness (QED) is 0.640. The highest BCUT2D eigenvalue weighted by Gasteiger charge is 2.17. The first kappa shape index (κ1) is 21.4. The standard InChI is InChI=1S/C24H29N3O3/c1-18(2)17-30-22-12-10-20(11-13-22)25-16-23(28)26-21-8-6-19(7-9-21)24(29)27-14-4-3-5-15-27/h6-13,25H,1,3-5,14-17H2,2H3,(H,26,28). The van der Waals surface area contributed by atoms with Crippen LogP contribution < -0.4 is 15.4 Å². The second-order valence-electron chi connectivity index (χ2n) is 7.60. The Morgan fingerprint density at radius 3 is 2.23 bits per heavy atom. The van der Waals surface area contributed by atoms with Crippen LogP contribution in [0.25, 0.3) is 0 Å². The lowest BCUT2D eigenvalue weighted by molar-refractivity contribution is -0.114. The van der Waals surface area contributed by atoms with Crippen LogP contribution in [0.1, 0.15) is 36.5 Å². The highest BCUT2D eigenvalue weighted by atomic mass is 16.5. The third-order valence-electron chi connectivity index (χ3n) is 4.85. The van der Waals surface area contributed by atoms with E-state index < -0.39 is 0 Å². The molecule has 0 radical (unpaired) electrons. The van der Waals surface area contributed by atoms with Crippen LogP contribution in [-0.4, -0.2) is 43.0 Å². The third kappa shape index (κ3) is 6.37. The van der Waals surface area contributed by atoms with E-state index in [1.807, 2.05) is 36.1 Å². The minimum absolute atomic E-state index is 0.0601. The Morgan fingerprint density at radius 2 is 1.60 bits per heavy atom. The number of anilines is 2. The van der Waals surface area contributed by atoms with E-state index in [4.69, 9.17) is 4.74 Å². The Labute approximate surface area is 177 Å². The van der Waals surface area contributed by atoms with Gasteiger partial charge in [-0.2, -0.15) is 0 Å². The summed E-state index contributed by atoms with van der Waals surface area (Å²) in [7, 11) is 0. The molecule has 30 heavy (non-hydrogen) atoms. The zero-order valence-electron chi connectivity index (χ0n) is 17.4. The molecule has 1 aliphatic rings. The topological polar surface area (TPSA) is 70.7 Å². The highest BCUT2D eigenvalue weighted by Crippen LogP contribution is 2.17. The molecule has 0 bridgehead atoms. The summed E-state index contributed by atoms with van der Waals surface area (Å²) in [5.41, 5.74) is 3.11. The minimum Gasteiger partial charge on any atom is -0.489 e. The maximum atomic E-state index is 12.5. The Hall–Kier alpha value is -3.28.